The zero-order valence-corrected chi connectivity index (χ0v) is 9.89. The summed E-state index contributed by atoms with van der Waals surface area (Å²) < 4.78 is 18.3. The van der Waals surface area contributed by atoms with E-state index < -0.39 is 0 Å². The molecule has 0 amide bonds. The first-order valence-electron chi connectivity index (χ1n) is 5.62. The van der Waals surface area contributed by atoms with E-state index in [1.807, 2.05) is 0 Å². The van der Waals surface area contributed by atoms with Gasteiger partial charge in [0.05, 0.1) is 5.56 Å². The molecule has 1 aromatic carbocycles. The molecule has 0 aliphatic carbocycles. The maximum absolute atomic E-state index is 12.8. The molecule has 0 N–H and O–H groups in total. The van der Waals surface area contributed by atoms with Crippen LogP contribution in [0.3, 0.4) is 0 Å². The zero-order valence-electron chi connectivity index (χ0n) is 9.89. The van der Waals surface area contributed by atoms with Crippen LogP contribution in [-0.2, 0) is 0 Å². The van der Waals surface area contributed by atoms with Crippen LogP contribution in [0.5, 0.6) is 11.6 Å². The van der Waals surface area contributed by atoms with E-state index >= 15 is 0 Å². The molecule has 18 heavy (non-hydrogen) atoms. The summed E-state index contributed by atoms with van der Waals surface area (Å²) in [6.45, 7) is 1.77. The highest BCUT2D eigenvalue weighted by Gasteiger charge is 2.12. The van der Waals surface area contributed by atoms with Crippen molar-refractivity contribution in [3.63, 3.8) is 0 Å². The van der Waals surface area contributed by atoms with E-state index in [1.54, 1.807) is 25.3 Å². The van der Waals surface area contributed by atoms with Gasteiger partial charge in [-0.05, 0) is 36.4 Å². The summed E-state index contributed by atoms with van der Waals surface area (Å²) in [4.78, 5) is 15.7. The number of benzene rings is 1. The van der Waals surface area contributed by atoms with Gasteiger partial charge in [0.2, 0.25) is 5.88 Å². The first-order valence-corrected chi connectivity index (χ1v) is 5.62. The fraction of sp³-hybridized carbons (Fsp3) is 0.143. The lowest BCUT2D eigenvalue weighted by Gasteiger charge is -2.08. The van der Waals surface area contributed by atoms with Crippen molar-refractivity contribution in [2.24, 2.45) is 0 Å². The van der Waals surface area contributed by atoms with Crippen LogP contribution in [0.25, 0.3) is 0 Å². The molecule has 4 heteroatoms. The molecule has 0 saturated carbocycles. The Morgan fingerprint density at radius 2 is 2.00 bits per heavy atom. The number of carbonyl (C=O) groups excluding carboxylic acids is 1. The summed E-state index contributed by atoms with van der Waals surface area (Å²) in [5.41, 5.74) is 0.435. The molecule has 3 nitrogen and oxygen atoms in total. The van der Waals surface area contributed by atoms with Crippen molar-refractivity contribution >= 4 is 5.78 Å². The van der Waals surface area contributed by atoms with Crippen LogP contribution in [0.4, 0.5) is 4.39 Å². The molecule has 0 aliphatic heterocycles. The minimum absolute atomic E-state index is 0.0415. The van der Waals surface area contributed by atoms with Crippen molar-refractivity contribution in [3.05, 3.63) is 54.0 Å². The molecule has 0 bridgehead atoms. The van der Waals surface area contributed by atoms with Crippen molar-refractivity contribution in [2.45, 2.75) is 13.3 Å². The van der Waals surface area contributed by atoms with Crippen LogP contribution in [0, 0.1) is 5.82 Å². The van der Waals surface area contributed by atoms with Crippen molar-refractivity contribution < 1.29 is 13.9 Å². The van der Waals surface area contributed by atoms with E-state index in [4.69, 9.17) is 4.74 Å². The van der Waals surface area contributed by atoms with Crippen LogP contribution in [0.1, 0.15) is 23.7 Å². The number of aromatic nitrogens is 1. The maximum Gasteiger partial charge on any atom is 0.230 e. The summed E-state index contributed by atoms with van der Waals surface area (Å²) in [7, 11) is 0. The molecular weight excluding hydrogens is 233 g/mol. The Morgan fingerprint density at radius 1 is 1.28 bits per heavy atom. The molecule has 2 aromatic rings. The second-order valence-electron chi connectivity index (χ2n) is 3.69. The van der Waals surface area contributed by atoms with E-state index in [1.165, 1.54) is 24.3 Å². The largest absolute Gasteiger partial charge is 0.438 e. The van der Waals surface area contributed by atoms with Crippen molar-refractivity contribution in [1.29, 1.82) is 0 Å². The molecule has 1 heterocycles. The lowest BCUT2D eigenvalue weighted by Crippen LogP contribution is -2.01. The average molecular weight is 245 g/mol. The standard InChI is InChI=1S/C14H12FNO2/c1-2-13(17)12-4-3-9-16-14(12)18-11-7-5-10(15)6-8-11/h3-9H,2H2,1H3. The highest BCUT2D eigenvalue weighted by atomic mass is 19.1. The van der Waals surface area contributed by atoms with Gasteiger partial charge < -0.3 is 4.74 Å². The van der Waals surface area contributed by atoms with E-state index in [9.17, 15) is 9.18 Å². The summed E-state index contributed by atoms with van der Waals surface area (Å²) in [5.74, 6) is 0.310. The van der Waals surface area contributed by atoms with Crippen LogP contribution in [0.15, 0.2) is 42.6 Å². The molecule has 2 rings (SSSR count). The van der Waals surface area contributed by atoms with E-state index in [0.29, 0.717) is 17.7 Å². The smallest absolute Gasteiger partial charge is 0.230 e. The highest BCUT2D eigenvalue weighted by molar-refractivity contribution is 5.97. The Balaban J connectivity index is 2.28. The third-order valence-corrected chi connectivity index (χ3v) is 2.42. The van der Waals surface area contributed by atoms with E-state index in [0.717, 1.165) is 0 Å². The summed E-state index contributed by atoms with van der Waals surface area (Å²) in [6, 6.07) is 8.91. The monoisotopic (exact) mass is 245 g/mol. The Bertz CT molecular complexity index is 552. The van der Waals surface area contributed by atoms with Gasteiger partial charge in [-0.1, -0.05) is 6.92 Å². The van der Waals surface area contributed by atoms with E-state index in [-0.39, 0.29) is 17.5 Å². The summed E-state index contributed by atoms with van der Waals surface area (Å²) in [5, 5.41) is 0. The van der Waals surface area contributed by atoms with Gasteiger partial charge in [-0.25, -0.2) is 9.37 Å². The number of halogens is 1. The molecular formula is C14H12FNO2. The molecule has 0 spiro atoms. The van der Waals surface area contributed by atoms with E-state index in [2.05, 4.69) is 4.98 Å². The van der Waals surface area contributed by atoms with Crippen LogP contribution >= 0.6 is 0 Å². The lowest BCUT2D eigenvalue weighted by atomic mass is 10.1. The zero-order chi connectivity index (χ0) is 13.0. The van der Waals surface area contributed by atoms with Crippen molar-refractivity contribution in [1.82, 2.24) is 4.98 Å². The topological polar surface area (TPSA) is 39.2 Å². The second-order valence-corrected chi connectivity index (χ2v) is 3.69. The van der Waals surface area contributed by atoms with Gasteiger partial charge in [0.1, 0.15) is 11.6 Å². The average Bonchev–Trinajstić information content (AvgIpc) is 2.41. The number of rotatable bonds is 4. The Morgan fingerprint density at radius 3 is 2.67 bits per heavy atom. The predicted octanol–water partition coefficient (Wildman–Crippen LogP) is 3.61. The molecule has 0 unspecified atom stereocenters. The predicted molar refractivity (Wildman–Crippen MR) is 65.3 cm³/mol. The van der Waals surface area contributed by atoms with Crippen molar-refractivity contribution in [2.75, 3.05) is 0 Å². The Hall–Kier alpha value is -2.23. The third-order valence-electron chi connectivity index (χ3n) is 2.42. The molecule has 92 valence electrons. The summed E-state index contributed by atoms with van der Waals surface area (Å²) >= 11 is 0. The number of hydrogen-bond donors (Lipinski definition) is 0. The molecule has 0 saturated heterocycles. The minimum Gasteiger partial charge on any atom is -0.438 e. The number of nitrogens with zero attached hydrogens (tertiary/aromatic N) is 1. The van der Waals surface area contributed by atoms with Crippen molar-refractivity contribution in [3.8, 4) is 11.6 Å². The van der Waals surface area contributed by atoms with Gasteiger partial charge in [-0.3, -0.25) is 4.79 Å². The maximum atomic E-state index is 12.8. The number of pyridine rings is 1. The first-order chi connectivity index (χ1) is 8.70. The molecule has 0 fully saturated rings. The first kappa shape index (κ1) is 12.2. The normalized spacial score (nSPS) is 10.1. The quantitative estimate of drug-likeness (QED) is 0.772. The molecule has 0 atom stereocenters. The van der Waals surface area contributed by atoms with Gasteiger partial charge in [-0.2, -0.15) is 0 Å². The van der Waals surface area contributed by atoms with Gasteiger partial charge >= 0.3 is 0 Å². The summed E-state index contributed by atoms with van der Waals surface area (Å²) in [6.07, 6.45) is 1.93. The SMILES string of the molecule is CCC(=O)c1cccnc1Oc1ccc(F)cc1. The van der Waals surface area contributed by atoms with Gasteiger partial charge in [0.15, 0.2) is 5.78 Å². The number of Topliss-reactive ketones (excluding diaryl/α,β-unsaturated/α-hetero) is 1. The van der Waals surface area contributed by atoms with Crippen LogP contribution in [0.2, 0.25) is 0 Å². The number of ether oxygens (including phenoxy) is 1. The second kappa shape index (κ2) is 5.40. The molecule has 0 radical (unpaired) electrons. The van der Waals surface area contributed by atoms with Gasteiger partial charge in [0, 0.05) is 12.6 Å². The van der Waals surface area contributed by atoms with Gasteiger partial charge in [0.25, 0.3) is 0 Å². The molecule has 0 aliphatic rings. The Kier molecular flexibility index (Phi) is 3.67. The molecule has 1 aromatic heterocycles. The Labute approximate surface area is 104 Å². The highest BCUT2D eigenvalue weighted by Crippen LogP contribution is 2.23. The fourth-order valence-electron chi connectivity index (χ4n) is 1.49. The number of hydrogen-bond acceptors (Lipinski definition) is 3. The third kappa shape index (κ3) is 2.71. The minimum atomic E-state index is -0.340. The number of carbonyl (C=O) groups is 1. The van der Waals surface area contributed by atoms with Crippen LogP contribution < -0.4 is 4.74 Å². The fourth-order valence-corrected chi connectivity index (χ4v) is 1.49. The van der Waals surface area contributed by atoms with Crippen LogP contribution in [-0.4, -0.2) is 10.8 Å². The van der Waals surface area contributed by atoms with Gasteiger partial charge in [-0.15, -0.1) is 0 Å². The number of ketones is 1. The lowest BCUT2D eigenvalue weighted by molar-refractivity contribution is 0.0985.